The van der Waals surface area contributed by atoms with E-state index in [1.54, 1.807) is 0 Å². The van der Waals surface area contributed by atoms with E-state index in [4.69, 9.17) is 5.11 Å². The molecule has 1 aromatic rings. The van der Waals surface area contributed by atoms with Gasteiger partial charge >= 0.3 is 0 Å². The molecule has 1 fully saturated rings. The van der Waals surface area contributed by atoms with Crippen molar-refractivity contribution in [1.82, 2.24) is 15.1 Å². The first-order valence-electron chi connectivity index (χ1n) is 7.46. The van der Waals surface area contributed by atoms with Crippen LogP contribution in [0.1, 0.15) is 29.7 Å². The number of aromatic nitrogens is 2. The molecule has 1 saturated heterocycles. The SMILES string of the molecule is Cc1nnc(NCC2CCN(CCO)CC2)c(C#N)c1C. The fraction of sp³-hybridized carbons (Fsp3) is 0.667. The summed E-state index contributed by atoms with van der Waals surface area (Å²) < 4.78 is 0. The van der Waals surface area contributed by atoms with Crippen LogP contribution >= 0.6 is 0 Å². The highest BCUT2D eigenvalue weighted by Gasteiger charge is 2.19. The van der Waals surface area contributed by atoms with Gasteiger partial charge in [0.1, 0.15) is 11.6 Å². The van der Waals surface area contributed by atoms with Crippen LogP contribution in [0.15, 0.2) is 0 Å². The first kappa shape index (κ1) is 15.7. The second kappa shape index (κ2) is 7.34. The van der Waals surface area contributed by atoms with Gasteiger partial charge in [-0.1, -0.05) is 0 Å². The van der Waals surface area contributed by atoms with Crippen molar-refractivity contribution in [2.45, 2.75) is 26.7 Å². The van der Waals surface area contributed by atoms with Crippen molar-refractivity contribution >= 4 is 5.82 Å². The summed E-state index contributed by atoms with van der Waals surface area (Å²) in [5, 5.41) is 29.7. The molecule has 114 valence electrons. The molecule has 0 saturated carbocycles. The topological polar surface area (TPSA) is 85.1 Å². The molecule has 21 heavy (non-hydrogen) atoms. The van der Waals surface area contributed by atoms with Gasteiger partial charge in [0.2, 0.25) is 0 Å². The number of nitriles is 1. The maximum Gasteiger partial charge on any atom is 0.166 e. The first-order valence-corrected chi connectivity index (χ1v) is 7.46. The smallest absolute Gasteiger partial charge is 0.166 e. The molecular formula is C15H23N5O. The van der Waals surface area contributed by atoms with Crippen LogP contribution in [-0.4, -0.2) is 53.0 Å². The number of hydrogen-bond acceptors (Lipinski definition) is 6. The van der Waals surface area contributed by atoms with Gasteiger partial charge in [-0.3, -0.25) is 0 Å². The Morgan fingerprint density at radius 3 is 2.67 bits per heavy atom. The zero-order valence-electron chi connectivity index (χ0n) is 12.8. The number of aliphatic hydroxyl groups excluding tert-OH is 1. The molecule has 1 aromatic heterocycles. The van der Waals surface area contributed by atoms with E-state index in [2.05, 4.69) is 26.5 Å². The average molecular weight is 289 g/mol. The van der Waals surface area contributed by atoms with Gasteiger partial charge in [-0.05, 0) is 51.3 Å². The summed E-state index contributed by atoms with van der Waals surface area (Å²) in [6.07, 6.45) is 2.21. The maximum atomic E-state index is 9.27. The number of β-amino-alcohol motifs (C(OH)–C–C–N with tert-alkyl or cyclic N) is 1. The van der Waals surface area contributed by atoms with E-state index in [-0.39, 0.29) is 6.61 Å². The highest BCUT2D eigenvalue weighted by atomic mass is 16.3. The summed E-state index contributed by atoms with van der Waals surface area (Å²) in [6.45, 7) is 7.63. The zero-order valence-corrected chi connectivity index (χ0v) is 12.8. The Labute approximate surface area is 125 Å². The third kappa shape index (κ3) is 3.90. The van der Waals surface area contributed by atoms with Crippen molar-refractivity contribution in [1.29, 1.82) is 5.26 Å². The van der Waals surface area contributed by atoms with E-state index in [1.807, 2.05) is 13.8 Å². The van der Waals surface area contributed by atoms with Crippen LogP contribution in [0.5, 0.6) is 0 Å². The van der Waals surface area contributed by atoms with Crippen LogP contribution in [-0.2, 0) is 0 Å². The highest BCUT2D eigenvalue weighted by molar-refractivity contribution is 5.55. The molecule has 2 N–H and O–H groups in total. The number of nitrogens with one attached hydrogen (secondary N) is 1. The van der Waals surface area contributed by atoms with E-state index < -0.39 is 0 Å². The van der Waals surface area contributed by atoms with Crippen molar-refractivity contribution in [3.8, 4) is 6.07 Å². The summed E-state index contributed by atoms with van der Waals surface area (Å²) in [4.78, 5) is 2.28. The predicted octanol–water partition coefficient (Wildman–Crippen LogP) is 1.08. The molecule has 0 atom stereocenters. The Balaban J connectivity index is 1.90. The third-order valence-electron chi connectivity index (χ3n) is 4.25. The standard InChI is InChI=1S/C15H23N5O/c1-11-12(2)18-19-15(14(11)9-16)17-10-13-3-5-20(6-4-13)7-8-21/h13,21H,3-8,10H2,1-2H3,(H,17,19). The molecule has 2 heterocycles. The van der Waals surface area contributed by atoms with Crippen molar-refractivity contribution in [2.24, 2.45) is 5.92 Å². The number of piperidine rings is 1. The molecule has 6 nitrogen and oxygen atoms in total. The van der Waals surface area contributed by atoms with E-state index >= 15 is 0 Å². The molecule has 0 amide bonds. The quantitative estimate of drug-likeness (QED) is 0.844. The van der Waals surface area contributed by atoms with Crippen LogP contribution in [0, 0.1) is 31.1 Å². The summed E-state index contributed by atoms with van der Waals surface area (Å²) in [5.41, 5.74) is 2.29. The Morgan fingerprint density at radius 1 is 1.33 bits per heavy atom. The predicted molar refractivity (Wildman–Crippen MR) is 81.0 cm³/mol. The molecule has 6 heteroatoms. The van der Waals surface area contributed by atoms with Gasteiger partial charge in [0, 0.05) is 13.1 Å². The number of likely N-dealkylation sites (tertiary alicyclic amines) is 1. The Kier molecular flexibility index (Phi) is 5.48. The van der Waals surface area contributed by atoms with Crippen molar-refractivity contribution in [3.63, 3.8) is 0 Å². The van der Waals surface area contributed by atoms with Crippen LogP contribution in [0.3, 0.4) is 0 Å². The molecule has 0 spiro atoms. The minimum Gasteiger partial charge on any atom is -0.395 e. The molecule has 0 aromatic carbocycles. The van der Waals surface area contributed by atoms with Crippen LogP contribution in [0.25, 0.3) is 0 Å². The summed E-state index contributed by atoms with van der Waals surface area (Å²) >= 11 is 0. The number of aryl methyl sites for hydroxylation is 1. The molecule has 0 unspecified atom stereocenters. The largest absolute Gasteiger partial charge is 0.395 e. The van der Waals surface area contributed by atoms with E-state index in [9.17, 15) is 5.26 Å². The molecule has 1 aliphatic heterocycles. The molecule has 0 bridgehead atoms. The van der Waals surface area contributed by atoms with Gasteiger partial charge in [-0.15, -0.1) is 5.10 Å². The lowest BCUT2D eigenvalue weighted by Crippen LogP contribution is -2.37. The fourth-order valence-corrected chi connectivity index (χ4v) is 2.67. The third-order valence-corrected chi connectivity index (χ3v) is 4.25. The number of anilines is 1. The lowest BCUT2D eigenvalue weighted by atomic mass is 9.96. The van der Waals surface area contributed by atoms with Crippen LogP contribution in [0.4, 0.5) is 5.82 Å². The minimum atomic E-state index is 0.229. The lowest BCUT2D eigenvalue weighted by Gasteiger charge is -2.31. The van der Waals surface area contributed by atoms with Gasteiger partial charge in [0.15, 0.2) is 5.82 Å². The molecular weight excluding hydrogens is 266 g/mol. The molecule has 0 aliphatic carbocycles. The second-order valence-corrected chi connectivity index (χ2v) is 5.64. The Hall–Kier alpha value is -1.71. The minimum absolute atomic E-state index is 0.229. The van der Waals surface area contributed by atoms with Gasteiger partial charge in [0.05, 0.1) is 12.3 Å². The van der Waals surface area contributed by atoms with Crippen LogP contribution < -0.4 is 5.32 Å². The Bertz CT molecular complexity index is 518. The van der Waals surface area contributed by atoms with Crippen molar-refractivity contribution in [2.75, 3.05) is 38.1 Å². The van der Waals surface area contributed by atoms with Gasteiger partial charge in [-0.25, -0.2) is 0 Å². The van der Waals surface area contributed by atoms with Gasteiger partial charge in [-0.2, -0.15) is 10.4 Å². The fourth-order valence-electron chi connectivity index (χ4n) is 2.67. The van der Waals surface area contributed by atoms with E-state index in [0.29, 0.717) is 17.3 Å². The number of hydrogen-bond donors (Lipinski definition) is 2. The first-order chi connectivity index (χ1) is 10.2. The number of aliphatic hydroxyl groups is 1. The monoisotopic (exact) mass is 289 g/mol. The summed E-state index contributed by atoms with van der Waals surface area (Å²) in [5.74, 6) is 1.17. The van der Waals surface area contributed by atoms with Crippen LogP contribution in [0.2, 0.25) is 0 Å². The Morgan fingerprint density at radius 2 is 2.05 bits per heavy atom. The normalized spacial score (nSPS) is 16.7. The average Bonchev–Trinajstić information content (AvgIpc) is 2.50. The number of nitrogens with zero attached hydrogens (tertiary/aromatic N) is 4. The van der Waals surface area contributed by atoms with Gasteiger partial charge in [0.25, 0.3) is 0 Å². The molecule has 0 radical (unpaired) electrons. The second-order valence-electron chi connectivity index (χ2n) is 5.64. The van der Waals surface area contributed by atoms with E-state index in [0.717, 1.165) is 50.3 Å². The van der Waals surface area contributed by atoms with Gasteiger partial charge < -0.3 is 15.3 Å². The summed E-state index contributed by atoms with van der Waals surface area (Å²) in [6, 6.07) is 2.22. The van der Waals surface area contributed by atoms with Crippen molar-refractivity contribution in [3.05, 3.63) is 16.8 Å². The molecule has 2 rings (SSSR count). The van der Waals surface area contributed by atoms with E-state index in [1.165, 1.54) is 0 Å². The summed E-state index contributed by atoms with van der Waals surface area (Å²) in [7, 11) is 0. The lowest BCUT2D eigenvalue weighted by molar-refractivity contribution is 0.151. The molecule has 1 aliphatic rings. The van der Waals surface area contributed by atoms with Crippen molar-refractivity contribution < 1.29 is 5.11 Å². The zero-order chi connectivity index (χ0) is 15.2. The highest BCUT2D eigenvalue weighted by Crippen LogP contribution is 2.20. The number of rotatable bonds is 5. The maximum absolute atomic E-state index is 9.27.